The topological polar surface area (TPSA) is 71.1 Å². The number of rotatable bonds is 4. The minimum absolute atomic E-state index is 0.0386. The van der Waals surface area contributed by atoms with Gasteiger partial charge in [0, 0.05) is 17.3 Å². The fourth-order valence-corrected chi connectivity index (χ4v) is 2.33. The second-order valence-corrected chi connectivity index (χ2v) is 6.05. The van der Waals surface area contributed by atoms with Crippen molar-refractivity contribution in [2.24, 2.45) is 5.92 Å². The Bertz CT molecular complexity index is 758. The third-order valence-electron chi connectivity index (χ3n) is 3.39. The number of benzene rings is 1. The van der Waals surface area contributed by atoms with E-state index in [4.69, 9.17) is 23.2 Å². The number of nitrogens with zero attached hydrogens (tertiary/aromatic N) is 1. The number of hydrogen-bond donors (Lipinski definition) is 2. The SMILES string of the molecule is O=C(Nc1ccc(NC(=O)C2CC2)cc1)c1nc(Cl)ccc1Cl. The molecule has 1 aliphatic rings. The van der Waals surface area contributed by atoms with Crippen LogP contribution >= 0.6 is 23.2 Å². The highest BCUT2D eigenvalue weighted by atomic mass is 35.5. The Morgan fingerprint density at radius 1 is 0.957 bits per heavy atom. The Kier molecular flexibility index (Phi) is 4.50. The van der Waals surface area contributed by atoms with Crippen LogP contribution < -0.4 is 10.6 Å². The molecule has 2 aromatic rings. The highest BCUT2D eigenvalue weighted by molar-refractivity contribution is 6.35. The van der Waals surface area contributed by atoms with E-state index >= 15 is 0 Å². The minimum Gasteiger partial charge on any atom is -0.326 e. The standard InChI is InChI=1S/C16H13Cl2N3O2/c17-12-7-8-13(18)21-14(12)16(23)20-11-5-3-10(4-6-11)19-15(22)9-1-2-9/h3-9H,1-2H2,(H,19,22)(H,20,23). The molecule has 0 bridgehead atoms. The van der Waals surface area contributed by atoms with Gasteiger partial charge in [-0.3, -0.25) is 9.59 Å². The fourth-order valence-electron chi connectivity index (χ4n) is 1.99. The van der Waals surface area contributed by atoms with Crippen molar-refractivity contribution in [1.29, 1.82) is 0 Å². The Morgan fingerprint density at radius 2 is 1.57 bits per heavy atom. The summed E-state index contributed by atoms with van der Waals surface area (Å²) in [5.74, 6) is -0.269. The summed E-state index contributed by atoms with van der Waals surface area (Å²) in [6.07, 6.45) is 1.90. The summed E-state index contributed by atoms with van der Waals surface area (Å²) in [6.45, 7) is 0. The molecule has 0 spiro atoms. The van der Waals surface area contributed by atoms with Gasteiger partial charge in [0.2, 0.25) is 5.91 Å². The van der Waals surface area contributed by atoms with Crippen LogP contribution in [0.3, 0.4) is 0 Å². The van der Waals surface area contributed by atoms with Gasteiger partial charge in [0.15, 0.2) is 0 Å². The van der Waals surface area contributed by atoms with Crippen molar-refractivity contribution in [2.75, 3.05) is 10.6 Å². The van der Waals surface area contributed by atoms with Crippen LogP contribution in [0.1, 0.15) is 23.3 Å². The number of nitrogens with one attached hydrogen (secondary N) is 2. The monoisotopic (exact) mass is 349 g/mol. The van der Waals surface area contributed by atoms with E-state index in [-0.39, 0.29) is 27.7 Å². The highest BCUT2D eigenvalue weighted by Crippen LogP contribution is 2.30. The van der Waals surface area contributed by atoms with Crippen LogP contribution in [0.15, 0.2) is 36.4 Å². The van der Waals surface area contributed by atoms with Crippen LogP contribution in [0, 0.1) is 5.92 Å². The van der Waals surface area contributed by atoms with Crippen molar-refractivity contribution in [3.8, 4) is 0 Å². The number of amides is 2. The van der Waals surface area contributed by atoms with Gasteiger partial charge >= 0.3 is 0 Å². The van der Waals surface area contributed by atoms with E-state index in [9.17, 15) is 9.59 Å². The lowest BCUT2D eigenvalue weighted by Crippen LogP contribution is -2.15. The molecule has 118 valence electrons. The normalized spacial score (nSPS) is 13.5. The first-order valence-corrected chi connectivity index (χ1v) is 7.83. The van der Waals surface area contributed by atoms with E-state index in [0.29, 0.717) is 11.4 Å². The second-order valence-electron chi connectivity index (χ2n) is 5.26. The summed E-state index contributed by atoms with van der Waals surface area (Å²) >= 11 is 11.7. The van der Waals surface area contributed by atoms with Crippen molar-refractivity contribution in [1.82, 2.24) is 4.98 Å². The van der Waals surface area contributed by atoms with E-state index in [1.807, 2.05) is 0 Å². The number of hydrogen-bond acceptors (Lipinski definition) is 3. The molecule has 1 heterocycles. The maximum Gasteiger partial charge on any atom is 0.275 e. The molecule has 1 aromatic carbocycles. The zero-order valence-electron chi connectivity index (χ0n) is 12.0. The van der Waals surface area contributed by atoms with Crippen LogP contribution in [-0.4, -0.2) is 16.8 Å². The highest BCUT2D eigenvalue weighted by Gasteiger charge is 2.29. The van der Waals surface area contributed by atoms with E-state index in [1.54, 1.807) is 24.3 Å². The molecule has 0 atom stereocenters. The molecular formula is C16H13Cl2N3O2. The van der Waals surface area contributed by atoms with Crippen LogP contribution in [0.4, 0.5) is 11.4 Å². The third-order valence-corrected chi connectivity index (χ3v) is 3.90. The van der Waals surface area contributed by atoms with Crippen LogP contribution in [-0.2, 0) is 4.79 Å². The summed E-state index contributed by atoms with van der Waals surface area (Å²) in [5.41, 5.74) is 1.32. The largest absolute Gasteiger partial charge is 0.326 e. The molecule has 0 radical (unpaired) electrons. The molecule has 0 unspecified atom stereocenters. The van der Waals surface area contributed by atoms with Gasteiger partial charge in [-0.05, 0) is 49.2 Å². The molecule has 5 nitrogen and oxygen atoms in total. The second kappa shape index (κ2) is 6.56. The Hall–Kier alpha value is -2.11. The molecule has 1 fully saturated rings. The van der Waals surface area contributed by atoms with Gasteiger partial charge < -0.3 is 10.6 Å². The van der Waals surface area contributed by atoms with E-state index in [1.165, 1.54) is 12.1 Å². The van der Waals surface area contributed by atoms with Gasteiger partial charge in [0.25, 0.3) is 5.91 Å². The number of pyridine rings is 1. The summed E-state index contributed by atoms with van der Waals surface area (Å²) in [5, 5.41) is 5.93. The molecular weight excluding hydrogens is 337 g/mol. The molecule has 7 heteroatoms. The predicted octanol–water partition coefficient (Wildman–Crippen LogP) is 3.99. The maximum absolute atomic E-state index is 12.2. The van der Waals surface area contributed by atoms with Gasteiger partial charge in [-0.1, -0.05) is 23.2 Å². The molecule has 1 aromatic heterocycles. The summed E-state index contributed by atoms with van der Waals surface area (Å²) in [6, 6.07) is 9.86. The fraction of sp³-hybridized carbons (Fsp3) is 0.188. The molecule has 23 heavy (non-hydrogen) atoms. The first-order valence-electron chi connectivity index (χ1n) is 7.07. The maximum atomic E-state index is 12.2. The molecule has 0 aliphatic heterocycles. The van der Waals surface area contributed by atoms with Gasteiger partial charge in [-0.25, -0.2) is 4.98 Å². The number of carbonyl (C=O) groups is 2. The third kappa shape index (κ3) is 4.00. The molecule has 2 N–H and O–H groups in total. The number of anilines is 2. The van der Waals surface area contributed by atoms with Crippen molar-refractivity contribution in [3.05, 3.63) is 52.3 Å². The first kappa shape index (κ1) is 15.8. The van der Waals surface area contributed by atoms with Crippen molar-refractivity contribution in [2.45, 2.75) is 12.8 Å². The Balaban J connectivity index is 1.66. The lowest BCUT2D eigenvalue weighted by Gasteiger charge is -2.08. The predicted molar refractivity (Wildman–Crippen MR) is 90.0 cm³/mol. The summed E-state index contributed by atoms with van der Waals surface area (Å²) in [4.78, 5) is 27.8. The molecule has 1 saturated carbocycles. The van der Waals surface area contributed by atoms with Crippen molar-refractivity contribution < 1.29 is 9.59 Å². The summed E-state index contributed by atoms with van der Waals surface area (Å²) in [7, 11) is 0. The Morgan fingerprint density at radius 3 is 2.17 bits per heavy atom. The minimum atomic E-state index is -0.452. The molecule has 0 saturated heterocycles. The quantitative estimate of drug-likeness (QED) is 0.819. The van der Waals surface area contributed by atoms with Crippen LogP contribution in [0.5, 0.6) is 0 Å². The molecule has 2 amide bonds. The Labute approximate surface area is 143 Å². The average molecular weight is 350 g/mol. The number of aromatic nitrogens is 1. The van der Waals surface area contributed by atoms with Gasteiger partial charge in [-0.2, -0.15) is 0 Å². The first-order chi connectivity index (χ1) is 11.0. The van der Waals surface area contributed by atoms with Crippen LogP contribution in [0.2, 0.25) is 10.2 Å². The van der Waals surface area contributed by atoms with E-state index in [0.717, 1.165) is 12.8 Å². The molecule has 1 aliphatic carbocycles. The average Bonchev–Trinajstić information content (AvgIpc) is 3.36. The number of halogens is 2. The van der Waals surface area contributed by atoms with E-state index < -0.39 is 5.91 Å². The summed E-state index contributed by atoms with van der Waals surface area (Å²) < 4.78 is 0. The van der Waals surface area contributed by atoms with Crippen LogP contribution in [0.25, 0.3) is 0 Å². The molecule has 3 rings (SSSR count). The number of carbonyl (C=O) groups excluding carboxylic acids is 2. The lowest BCUT2D eigenvalue weighted by molar-refractivity contribution is -0.117. The zero-order valence-corrected chi connectivity index (χ0v) is 13.5. The van der Waals surface area contributed by atoms with Gasteiger partial charge in [-0.15, -0.1) is 0 Å². The zero-order chi connectivity index (χ0) is 16.4. The smallest absolute Gasteiger partial charge is 0.275 e. The van der Waals surface area contributed by atoms with Gasteiger partial charge in [0.05, 0.1) is 5.02 Å². The van der Waals surface area contributed by atoms with Crippen molar-refractivity contribution in [3.63, 3.8) is 0 Å². The van der Waals surface area contributed by atoms with Gasteiger partial charge in [0.1, 0.15) is 10.8 Å². The lowest BCUT2D eigenvalue weighted by atomic mass is 10.2. The van der Waals surface area contributed by atoms with E-state index in [2.05, 4.69) is 15.6 Å². The van der Waals surface area contributed by atoms with Crippen molar-refractivity contribution >= 4 is 46.4 Å².